The predicted molar refractivity (Wildman–Crippen MR) is 212 cm³/mol. The molecule has 2 heteroatoms. The van der Waals surface area contributed by atoms with Crippen LogP contribution >= 0.6 is 0 Å². The van der Waals surface area contributed by atoms with E-state index in [1.165, 1.54) is 33.4 Å². The molecular weight excluding hydrogens is 605 g/mol. The highest BCUT2D eigenvalue weighted by Crippen LogP contribution is 2.47. The lowest BCUT2D eigenvalue weighted by Gasteiger charge is -2.52. The van der Waals surface area contributed by atoms with Gasteiger partial charge >= 0.3 is 0 Å². The Kier molecular flexibility index (Phi) is 8.66. The van der Waals surface area contributed by atoms with Crippen molar-refractivity contribution in [3.8, 4) is 22.3 Å². The number of hydrogen-bond donors (Lipinski definition) is 0. The van der Waals surface area contributed by atoms with E-state index in [9.17, 15) is 0 Å². The molecule has 0 heterocycles. The van der Waals surface area contributed by atoms with Crippen LogP contribution in [-0.4, -0.2) is 5.66 Å². The Hall–Kier alpha value is -6.38. The first kappa shape index (κ1) is 30.9. The van der Waals surface area contributed by atoms with Gasteiger partial charge in [-0.2, -0.15) is 0 Å². The van der Waals surface area contributed by atoms with Crippen molar-refractivity contribution >= 4 is 28.3 Å². The standard InChI is InChI=1S/C48H38N2/c1-6-16-38(17-7-1)41-26-30-46(31-27-41)49(44-22-12-4-13-23-44)48(36-34-43(35-37-48)40-20-10-3-11-21-40)50(45-24-14-5-15-25-45)47-32-28-42(29-33-47)39-18-8-2-9-19-39/h1-36H,37H2. The molecule has 0 amide bonds. The molecular formula is C48H38N2. The zero-order valence-corrected chi connectivity index (χ0v) is 27.9. The Balaban J connectivity index is 1.33. The highest BCUT2D eigenvalue weighted by atomic mass is 15.4. The zero-order chi connectivity index (χ0) is 33.6. The number of hydrogen-bond acceptors (Lipinski definition) is 2. The van der Waals surface area contributed by atoms with Crippen LogP contribution in [0.2, 0.25) is 0 Å². The first-order valence-corrected chi connectivity index (χ1v) is 17.2. The van der Waals surface area contributed by atoms with Gasteiger partial charge in [-0.3, -0.25) is 0 Å². The Morgan fingerprint density at radius 2 is 0.640 bits per heavy atom. The third-order valence-electron chi connectivity index (χ3n) is 9.53. The number of anilines is 4. The molecule has 240 valence electrons. The maximum Gasteiger partial charge on any atom is 0.145 e. The van der Waals surface area contributed by atoms with Crippen molar-refractivity contribution in [2.24, 2.45) is 0 Å². The summed E-state index contributed by atoms with van der Waals surface area (Å²) in [5.74, 6) is 0. The summed E-state index contributed by atoms with van der Waals surface area (Å²) >= 11 is 0. The van der Waals surface area contributed by atoms with Gasteiger partial charge in [0, 0.05) is 29.2 Å². The highest BCUT2D eigenvalue weighted by Gasteiger charge is 2.43. The van der Waals surface area contributed by atoms with Gasteiger partial charge in [-0.1, -0.05) is 164 Å². The number of nitrogens with zero attached hydrogens (tertiary/aromatic N) is 2. The quantitative estimate of drug-likeness (QED) is 0.145. The van der Waals surface area contributed by atoms with E-state index < -0.39 is 5.66 Å². The lowest BCUT2D eigenvalue weighted by atomic mass is 9.88. The lowest BCUT2D eigenvalue weighted by Crippen LogP contribution is -2.57. The molecule has 0 bridgehead atoms. The summed E-state index contributed by atoms with van der Waals surface area (Å²) in [6, 6.07) is 71.5. The van der Waals surface area contributed by atoms with Crippen molar-refractivity contribution in [2.45, 2.75) is 12.1 Å². The summed E-state index contributed by atoms with van der Waals surface area (Å²) < 4.78 is 0. The van der Waals surface area contributed by atoms with Gasteiger partial charge in [0.2, 0.25) is 0 Å². The molecule has 2 nitrogen and oxygen atoms in total. The second-order valence-corrected chi connectivity index (χ2v) is 12.6. The van der Waals surface area contributed by atoms with Crippen LogP contribution in [-0.2, 0) is 0 Å². The van der Waals surface area contributed by atoms with Gasteiger partial charge in [0.1, 0.15) is 5.66 Å². The molecule has 7 aromatic carbocycles. The zero-order valence-electron chi connectivity index (χ0n) is 27.9. The van der Waals surface area contributed by atoms with Crippen molar-refractivity contribution in [2.75, 3.05) is 9.80 Å². The van der Waals surface area contributed by atoms with E-state index in [2.05, 4.69) is 228 Å². The van der Waals surface area contributed by atoms with Crippen LogP contribution in [0, 0.1) is 0 Å². The minimum absolute atomic E-state index is 0.649. The lowest BCUT2D eigenvalue weighted by molar-refractivity contribution is 0.526. The molecule has 0 saturated heterocycles. The molecule has 0 N–H and O–H groups in total. The van der Waals surface area contributed by atoms with Gasteiger partial charge in [-0.05, 0) is 88.0 Å². The van der Waals surface area contributed by atoms with Gasteiger partial charge in [0.15, 0.2) is 0 Å². The third-order valence-corrected chi connectivity index (χ3v) is 9.53. The first-order valence-electron chi connectivity index (χ1n) is 17.2. The fourth-order valence-electron chi connectivity index (χ4n) is 7.11. The molecule has 50 heavy (non-hydrogen) atoms. The van der Waals surface area contributed by atoms with Crippen LogP contribution in [0.4, 0.5) is 22.7 Å². The molecule has 0 aliphatic heterocycles. The number of allylic oxidation sites excluding steroid dienone is 2. The van der Waals surface area contributed by atoms with Crippen LogP contribution in [0.1, 0.15) is 12.0 Å². The second-order valence-electron chi connectivity index (χ2n) is 12.6. The number of rotatable bonds is 9. The van der Waals surface area contributed by atoms with Gasteiger partial charge in [-0.15, -0.1) is 0 Å². The molecule has 0 saturated carbocycles. The summed E-state index contributed by atoms with van der Waals surface area (Å²) in [5, 5.41) is 0. The molecule has 0 spiro atoms. The molecule has 0 aromatic heterocycles. The van der Waals surface area contributed by atoms with E-state index in [0.29, 0.717) is 0 Å². The number of para-hydroxylation sites is 2. The summed E-state index contributed by atoms with van der Waals surface area (Å²) in [5.41, 5.74) is 11.0. The van der Waals surface area contributed by atoms with Gasteiger partial charge < -0.3 is 9.80 Å². The Morgan fingerprint density at radius 3 is 1.00 bits per heavy atom. The molecule has 8 rings (SSSR count). The summed E-state index contributed by atoms with van der Waals surface area (Å²) in [4.78, 5) is 5.02. The average Bonchev–Trinajstić information content (AvgIpc) is 3.21. The van der Waals surface area contributed by atoms with E-state index in [1.807, 2.05) is 0 Å². The second kappa shape index (κ2) is 14.0. The van der Waals surface area contributed by atoms with E-state index in [0.717, 1.165) is 29.2 Å². The summed E-state index contributed by atoms with van der Waals surface area (Å²) in [6.45, 7) is 0. The maximum absolute atomic E-state index is 2.51. The highest BCUT2D eigenvalue weighted by molar-refractivity contribution is 5.83. The van der Waals surface area contributed by atoms with E-state index >= 15 is 0 Å². The Labute approximate surface area is 295 Å². The molecule has 0 fully saturated rings. The van der Waals surface area contributed by atoms with Crippen molar-refractivity contribution in [3.05, 3.63) is 224 Å². The van der Waals surface area contributed by atoms with Gasteiger partial charge in [0.05, 0.1) is 0 Å². The molecule has 0 atom stereocenters. The van der Waals surface area contributed by atoms with E-state index in [-0.39, 0.29) is 0 Å². The van der Waals surface area contributed by atoms with Crippen molar-refractivity contribution in [1.29, 1.82) is 0 Å². The van der Waals surface area contributed by atoms with Crippen molar-refractivity contribution in [1.82, 2.24) is 0 Å². The monoisotopic (exact) mass is 642 g/mol. The molecule has 0 unspecified atom stereocenters. The van der Waals surface area contributed by atoms with E-state index in [4.69, 9.17) is 0 Å². The Morgan fingerprint density at radius 1 is 0.320 bits per heavy atom. The topological polar surface area (TPSA) is 6.48 Å². The first-order chi connectivity index (χ1) is 24.8. The number of benzene rings is 7. The van der Waals surface area contributed by atoms with Gasteiger partial charge in [0.25, 0.3) is 0 Å². The SMILES string of the molecule is C1=CC(N(c2ccccc2)c2ccc(-c3ccccc3)cc2)(N(c2ccccc2)c2ccc(-c3ccccc3)cc2)CC=C1c1ccccc1. The summed E-state index contributed by atoms with van der Waals surface area (Å²) in [6.07, 6.45) is 7.85. The average molecular weight is 643 g/mol. The van der Waals surface area contributed by atoms with Crippen LogP contribution in [0.5, 0.6) is 0 Å². The predicted octanol–water partition coefficient (Wildman–Crippen LogP) is 12.7. The van der Waals surface area contributed by atoms with Crippen LogP contribution < -0.4 is 9.80 Å². The molecule has 7 aromatic rings. The Bertz CT molecular complexity index is 2060. The summed E-state index contributed by atoms with van der Waals surface area (Å²) in [7, 11) is 0. The normalized spacial score (nSPS) is 13.3. The molecule has 1 aliphatic rings. The molecule has 0 radical (unpaired) electrons. The van der Waals surface area contributed by atoms with Crippen LogP contribution in [0.3, 0.4) is 0 Å². The maximum atomic E-state index is 2.51. The van der Waals surface area contributed by atoms with Crippen LogP contribution in [0.25, 0.3) is 27.8 Å². The fraction of sp³-hybridized carbons (Fsp3) is 0.0417. The van der Waals surface area contributed by atoms with E-state index in [1.54, 1.807) is 0 Å². The third kappa shape index (κ3) is 6.16. The minimum atomic E-state index is -0.649. The van der Waals surface area contributed by atoms with Crippen LogP contribution in [0.15, 0.2) is 218 Å². The fourth-order valence-corrected chi connectivity index (χ4v) is 7.11. The van der Waals surface area contributed by atoms with Gasteiger partial charge in [-0.25, -0.2) is 0 Å². The minimum Gasteiger partial charge on any atom is -0.314 e. The molecule has 1 aliphatic carbocycles. The largest absolute Gasteiger partial charge is 0.314 e. The smallest absolute Gasteiger partial charge is 0.145 e. The van der Waals surface area contributed by atoms with Crippen molar-refractivity contribution in [3.63, 3.8) is 0 Å². The van der Waals surface area contributed by atoms with Crippen molar-refractivity contribution < 1.29 is 0 Å².